The second kappa shape index (κ2) is 18.5. The van der Waals surface area contributed by atoms with Crippen LogP contribution in [0.3, 0.4) is 0 Å². The molecule has 0 radical (unpaired) electrons. The van der Waals surface area contributed by atoms with Crippen molar-refractivity contribution >= 4 is 5.97 Å². The minimum absolute atomic E-state index is 0.0942. The van der Waals surface area contributed by atoms with Gasteiger partial charge in [0.2, 0.25) is 0 Å². The van der Waals surface area contributed by atoms with Crippen LogP contribution in [-0.4, -0.2) is 13.1 Å². The lowest BCUT2D eigenvalue weighted by Gasteiger charge is -1.99. The van der Waals surface area contributed by atoms with Crippen molar-refractivity contribution in [3.63, 3.8) is 0 Å². The summed E-state index contributed by atoms with van der Waals surface area (Å²) in [5.74, 6) is -0.0942. The Morgan fingerprint density at radius 1 is 0.783 bits per heavy atom. The summed E-state index contributed by atoms with van der Waals surface area (Å²) in [5, 5.41) is 0. The van der Waals surface area contributed by atoms with E-state index in [1.165, 1.54) is 26.4 Å². The lowest BCUT2D eigenvalue weighted by atomic mass is 10.1. The molecule has 0 aliphatic rings. The fraction of sp³-hybridized carbons (Fsp3) is 0.571. The highest BCUT2D eigenvalue weighted by Gasteiger charge is 1.98. The van der Waals surface area contributed by atoms with Gasteiger partial charge in [0.15, 0.2) is 0 Å². The molecule has 130 valence electrons. The summed E-state index contributed by atoms with van der Waals surface area (Å²) in [6.45, 7) is 3.72. The van der Waals surface area contributed by atoms with Crippen molar-refractivity contribution in [1.82, 2.24) is 0 Å². The van der Waals surface area contributed by atoms with Gasteiger partial charge in [-0.3, -0.25) is 4.79 Å². The van der Waals surface area contributed by atoms with E-state index in [2.05, 4.69) is 47.8 Å². The first kappa shape index (κ1) is 21.4. The second-order valence-corrected chi connectivity index (χ2v) is 5.63. The topological polar surface area (TPSA) is 26.3 Å². The molecule has 0 unspecified atom stereocenters. The quantitative estimate of drug-likeness (QED) is 0.201. The third kappa shape index (κ3) is 18.4. The fourth-order valence-corrected chi connectivity index (χ4v) is 2.14. The van der Waals surface area contributed by atoms with Gasteiger partial charge in [0.25, 0.3) is 0 Å². The molecule has 0 fully saturated rings. The summed E-state index contributed by atoms with van der Waals surface area (Å²) in [6, 6.07) is 0. The lowest BCUT2D eigenvalue weighted by molar-refractivity contribution is -0.140. The summed E-state index contributed by atoms with van der Waals surface area (Å²) in [4.78, 5) is 10.9. The van der Waals surface area contributed by atoms with Crippen molar-refractivity contribution in [2.24, 2.45) is 0 Å². The number of rotatable bonds is 15. The Bertz CT molecular complexity index is 364. The van der Waals surface area contributed by atoms with Gasteiger partial charge in [0.1, 0.15) is 0 Å². The van der Waals surface area contributed by atoms with E-state index in [0.717, 1.165) is 44.9 Å². The van der Waals surface area contributed by atoms with Crippen LogP contribution in [-0.2, 0) is 9.53 Å². The first-order valence-corrected chi connectivity index (χ1v) is 8.94. The van der Waals surface area contributed by atoms with Gasteiger partial charge in [0, 0.05) is 6.42 Å². The largest absolute Gasteiger partial charge is 0.469 e. The van der Waals surface area contributed by atoms with E-state index < -0.39 is 0 Å². The Morgan fingerprint density at radius 2 is 1.35 bits per heavy atom. The zero-order valence-corrected chi connectivity index (χ0v) is 14.8. The van der Waals surface area contributed by atoms with E-state index in [-0.39, 0.29) is 5.97 Å². The van der Waals surface area contributed by atoms with E-state index >= 15 is 0 Å². The van der Waals surface area contributed by atoms with Crippen molar-refractivity contribution in [3.05, 3.63) is 49.1 Å². The van der Waals surface area contributed by atoms with Crippen LogP contribution in [0.25, 0.3) is 0 Å². The molecule has 0 aliphatic heterocycles. The Kier molecular flexibility index (Phi) is 17.2. The molecule has 0 atom stereocenters. The number of esters is 1. The number of ether oxygens (including phenoxy) is 1. The predicted molar refractivity (Wildman–Crippen MR) is 100 cm³/mol. The highest BCUT2D eigenvalue weighted by atomic mass is 16.5. The minimum Gasteiger partial charge on any atom is -0.469 e. The first-order valence-electron chi connectivity index (χ1n) is 8.94. The zero-order valence-electron chi connectivity index (χ0n) is 14.8. The van der Waals surface area contributed by atoms with Crippen molar-refractivity contribution in [2.45, 2.75) is 70.6 Å². The molecule has 23 heavy (non-hydrogen) atoms. The molecule has 2 heteroatoms. The molecule has 0 spiro atoms. The second-order valence-electron chi connectivity index (χ2n) is 5.63. The predicted octanol–water partition coefficient (Wildman–Crippen LogP) is 6.31. The molecule has 0 saturated carbocycles. The van der Waals surface area contributed by atoms with Crippen LogP contribution in [0.15, 0.2) is 49.1 Å². The molecular formula is C21H34O2. The normalized spacial score (nSPS) is 11.7. The van der Waals surface area contributed by atoms with Gasteiger partial charge >= 0.3 is 5.97 Å². The van der Waals surface area contributed by atoms with Crippen LogP contribution in [0.2, 0.25) is 0 Å². The Labute approximate surface area is 143 Å². The summed E-state index contributed by atoms with van der Waals surface area (Å²) >= 11 is 0. The molecular weight excluding hydrogens is 284 g/mol. The highest BCUT2D eigenvalue weighted by Crippen LogP contribution is 2.07. The standard InChI is InChI=1S/C21H34O2/c1-3-4-5-6-7-8-9-10-11-12-13-14-15-16-17-18-19-20-21(22)23-2/h3,7-8,10-11,13-14H,1,4-6,9,12,15-20H2,2H3. The van der Waals surface area contributed by atoms with Crippen molar-refractivity contribution < 1.29 is 9.53 Å². The van der Waals surface area contributed by atoms with Gasteiger partial charge in [-0.1, -0.05) is 55.4 Å². The van der Waals surface area contributed by atoms with Crippen LogP contribution >= 0.6 is 0 Å². The van der Waals surface area contributed by atoms with Gasteiger partial charge in [-0.25, -0.2) is 0 Å². The third-order valence-electron chi connectivity index (χ3n) is 3.55. The number of unbranched alkanes of at least 4 members (excludes halogenated alkanes) is 6. The number of carbonyl (C=O) groups is 1. The molecule has 0 saturated heterocycles. The van der Waals surface area contributed by atoms with Crippen LogP contribution in [0.4, 0.5) is 0 Å². The maximum Gasteiger partial charge on any atom is 0.305 e. The monoisotopic (exact) mass is 318 g/mol. The van der Waals surface area contributed by atoms with Crippen molar-refractivity contribution in [3.8, 4) is 0 Å². The average Bonchev–Trinajstić information content (AvgIpc) is 2.57. The Hall–Kier alpha value is -1.57. The van der Waals surface area contributed by atoms with Gasteiger partial charge in [0.05, 0.1) is 7.11 Å². The summed E-state index contributed by atoms with van der Waals surface area (Å²) in [6.07, 6.45) is 27.1. The highest BCUT2D eigenvalue weighted by molar-refractivity contribution is 5.68. The van der Waals surface area contributed by atoms with Crippen molar-refractivity contribution in [2.75, 3.05) is 7.11 Å². The molecule has 0 aromatic carbocycles. The molecule has 0 amide bonds. The smallest absolute Gasteiger partial charge is 0.305 e. The lowest BCUT2D eigenvalue weighted by Crippen LogP contribution is -1.98. The van der Waals surface area contributed by atoms with Gasteiger partial charge in [-0.2, -0.15) is 0 Å². The molecule has 0 rings (SSSR count). The van der Waals surface area contributed by atoms with Gasteiger partial charge in [-0.15, -0.1) is 6.58 Å². The maximum absolute atomic E-state index is 10.9. The van der Waals surface area contributed by atoms with Gasteiger partial charge in [-0.05, 0) is 51.4 Å². The zero-order chi connectivity index (χ0) is 17.0. The maximum atomic E-state index is 10.9. The molecule has 0 aromatic heterocycles. The number of carbonyl (C=O) groups excluding carboxylic acids is 1. The molecule has 0 N–H and O–H groups in total. The SMILES string of the molecule is C=CCCCC=CCC=CCC=CCCCCCCC(=O)OC. The minimum atomic E-state index is -0.0942. The van der Waals surface area contributed by atoms with E-state index in [4.69, 9.17) is 0 Å². The third-order valence-corrected chi connectivity index (χ3v) is 3.55. The summed E-state index contributed by atoms with van der Waals surface area (Å²) in [5.41, 5.74) is 0. The average molecular weight is 319 g/mol. The molecule has 0 aromatic rings. The Morgan fingerprint density at radius 3 is 1.96 bits per heavy atom. The van der Waals surface area contributed by atoms with E-state index in [0.29, 0.717) is 6.42 Å². The van der Waals surface area contributed by atoms with E-state index in [9.17, 15) is 4.79 Å². The van der Waals surface area contributed by atoms with Crippen LogP contribution < -0.4 is 0 Å². The molecule has 0 aliphatic carbocycles. The summed E-state index contributed by atoms with van der Waals surface area (Å²) < 4.78 is 4.61. The van der Waals surface area contributed by atoms with Crippen LogP contribution in [0.5, 0.6) is 0 Å². The summed E-state index contributed by atoms with van der Waals surface area (Å²) in [7, 11) is 1.45. The Balaban J connectivity index is 3.32. The van der Waals surface area contributed by atoms with Crippen LogP contribution in [0.1, 0.15) is 70.6 Å². The number of allylic oxidation sites excluding steroid dienone is 7. The van der Waals surface area contributed by atoms with E-state index in [1.54, 1.807) is 0 Å². The number of hydrogen-bond donors (Lipinski definition) is 0. The van der Waals surface area contributed by atoms with Crippen molar-refractivity contribution in [1.29, 1.82) is 0 Å². The first-order chi connectivity index (χ1) is 11.3. The molecule has 2 nitrogen and oxygen atoms in total. The van der Waals surface area contributed by atoms with Gasteiger partial charge < -0.3 is 4.74 Å². The fourth-order valence-electron chi connectivity index (χ4n) is 2.14. The van der Waals surface area contributed by atoms with E-state index in [1.807, 2.05) is 6.08 Å². The molecule has 0 bridgehead atoms. The number of hydrogen-bond acceptors (Lipinski definition) is 2. The van der Waals surface area contributed by atoms with Crippen LogP contribution in [0, 0.1) is 0 Å². The number of methoxy groups -OCH3 is 1. The molecule has 0 heterocycles.